The van der Waals surface area contributed by atoms with Crippen LogP contribution in [0.3, 0.4) is 0 Å². The van der Waals surface area contributed by atoms with E-state index in [0.29, 0.717) is 37.3 Å². The minimum Gasteiger partial charge on any atom is -0.475 e. The third-order valence-corrected chi connectivity index (χ3v) is 11.6. The van der Waals surface area contributed by atoms with E-state index in [0.717, 1.165) is 68.7 Å². The number of imidazole rings is 1. The number of para-hydroxylation sites is 1. The van der Waals surface area contributed by atoms with Gasteiger partial charge in [0.05, 0.1) is 11.0 Å². The van der Waals surface area contributed by atoms with Crippen LogP contribution < -0.4 is 16.3 Å². The van der Waals surface area contributed by atoms with Crippen molar-refractivity contribution in [3.05, 3.63) is 34.2 Å². The first kappa shape index (κ1) is 35.5. The second-order valence-corrected chi connectivity index (χ2v) is 14.7. The van der Waals surface area contributed by atoms with E-state index >= 15 is 4.39 Å². The van der Waals surface area contributed by atoms with Gasteiger partial charge in [-0.05, 0) is 107 Å². The van der Waals surface area contributed by atoms with Crippen molar-refractivity contribution >= 4 is 28.8 Å². The first-order valence-electron chi connectivity index (χ1n) is 17.4. The summed E-state index contributed by atoms with van der Waals surface area (Å²) < 4.78 is 51.0. The number of likely N-dealkylation sites (tertiary alicyclic amines) is 2. The molecule has 3 N–H and O–H groups in total. The number of hydrogen-bond donors (Lipinski definition) is 3. The zero-order valence-corrected chi connectivity index (χ0v) is 27.9. The van der Waals surface area contributed by atoms with Crippen LogP contribution in [0.25, 0.3) is 11.0 Å². The number of carbonyl (C=O) groups is 3. The van der Waals surface area contributed by atoms with Crippen LogP contribution in [0.5, 0.6) is 0 Å². The van der Waals surface area contributed by atoms with Crippen LogP contribution in [0.15, 0.2) is 23.0 Å². The number of benzene rings is 1. The highest BCUT2D eigenvalue weighted by molar-refractivity contribution is 6.00. The van der Waals surface area contributed by atoms with Gasteiger partial charge in [-0.25, -0.2) is 14.0 Å². The molecule has 0 radical (unpaired) electrons. The molecular weight excluding hydrogens is 648 g/mol. The number of halogens is 4. The maximum atomic E-state index is 16.1. The number of piperidine rings is 4. The predicted octanol–water partition coefficient (Wildman–Crippen LogP) is 3.47. The molecule has 4 saturated heterocycles. The van der Waals surface area contributed by atoms with Crippen molar-refractivity contribution < 1.29 is 37.1 Å². The Labute approximate surface area is 282 Å². The van der Waals surface area contributed by atoms with Gasteiger partial charge < -0.3 is 20.2 Å². The normalized spacial score (nSPS) is 25.4. The molecule has 4 aliphatic heterocycles. The Morgan fingerprint density at radius 2 is 1.61 bits per heavy atom. The summed E-state index contributed by atoms with van der Waals surface area (Å²) in [5, 5.41) is 13.0. The van der Waals surface area contributed by atoms with E-state index < -0.39 is 29.8 Å². The van der Waals surface area contributed by atoms with E-state index in [4.69, 9.17) is 9.90 Å². The molecular formula is C34H46F4N6O5. The number of rotatable bonds is 5. The van der Waals surface area contributed by atoms with Gasteiger partial charge in [0, 0.05) is 39.1 Å². The van der Waals surface area contributed by atoms with Crippen LogP contribution in [0.4, 0.5) is 17.6 Å². The lowest BCUT2D eigenvalue weighted by molar-refractivity contribution is -0.192. The first-order valence-corrected chi connectivity index (χ1v) is 17.4. The van der Waals surface area contributed by atoms with Gasteiger partial charge in [0.15, 0.2) is 0 Å². The maximum Gasteiger partial charge on any atom is 0.490 e. The predicted molar refractivity (Wildman–Crippen MR) is 173 cm³/mol. The van der Waals surface area contributed by atoms with Crippen LogP contribution in [-0.2, 0) is 21.4 Å². The summed E-state index contributed by atoms with van der Waals surface area (Å²) in [6, 6.07) is 5.93. The minimum absolute atomic E-state index is 0.227. The fourth-order valence-corrected chi connectivity index (χ4v) is 8.84. The van der Waals surface area contributed by atoms with Crippen LogP contribution in [-0.4, -0.2) is 106 Å². The molecule has 5 fully saturated rings. The van der Waals surface area contributed by atoms with Gasteiger partial charge in [0.2, 0.25) is 11.8 Å². The highest BCUT2D eigenvalue weighted by atomic mass is 19.4. The van der Waals surface area contributed by atoms with Crippen molar-refractivity contribution in [1.29, 1.82) is 0 Å². The van der Waals surface area contributed by atoms with Gasteiger partial charge in [0.1, 0.15) is 11.7 Å². The molecule has 0 bridgehead atoms. The lowest BCUT2D eigenvalue weighted by atomic mass is 9.60. The molecule has 1 atom stereocenters. The van der Waals surface area contributed by atoms with Crippen molar-refractivity contribution in [2.45, 2.75) is 94.1 Å². The number of carbonyl (C=O) groups excluding carboxylic acids is 2. The van der Waals surface area contributed by atoms with Gasteiger partial charge in [-0.3, -0.25) is 24.0 Å². The maximum absolute atomic E-state index is 16.1. The Balaban J connectivity index is 0.000000540. The van der Waals surface area contributed by atoms with E-state index in [1.165, 1.54) is 25.7 Å². The molecule has 1 spiro atoms. The number of hydrogen-bond acceptors (Lipinski definition) is 7. The number of fused-ring (bicyclic) bond motifs is 1. The van der Waals surface area contributed by atoms with Gasteiger partial charge in [-0.2, -0.15) is 13.2 Å². The molecule has 1 aliphatic carbocycles. The molecule has 1 aromatic heterocycles. The lowest BCUT2D eigenvalue weighted by Crippen LogP contribution is -2.58. The van der Waals surface area contributed by atoms with Crippen LogP contribution in [0.2, 0.25) is 0 Å². The third kappa shape index (κ3) is 7.43. The van der Waals surface area contributed by atoms with Crippen LogP contribution in [0.1, 0.15) is 81.7 Å². The molecule has 1 saturated carbocycles. The van der Waals surface area contributed by atoms with Crippen molar-refractivity contribution in [2.75, 3.05) is 45.8 Å². The largest absolute Gasteiger partial charge is 0.490 e. The topological polar surface area (TPSA) is 129 Å². The van der Waals surface area contributed by atoms with Crippen molar-refractivity contribution in [1.82, 2.24) is 29.6 Å². The standard InChI is InChI=1S/C32H45FN6O3.C2HF3O2/c1-36-28-24(3-2-4-25(28)39(30(36)42)26-5-6-27(40)35-29(26)41)22-7-15-37(16-8-22)21-32(33)11-17-38(18-12-32)23-19-31(20-23)9-13-34-14-10-31;3-2(4,5)1(6)7/h2-4,22-23,26,34H,5-21H2,1H3,(H,35,40,41);(H,6,7). The summed E-state index contributed by atoms with van der Waals surface area (Å²) in [4.78, 5) is 51.4. The second kappa shape index (κ2) is 13.8. The molecule has 11 nitrogen and oxygen atoms in total. The number of amides is 2. The number of aliphatic carboxylic acids is 1. The molecule has 49 heavy (non-hydrogen) atoms. The number of nitrogens with one attached hydrogen (secondary N) is 2. The first-order chi connectivity index (χ1) is 23.2. The molecule has 1 aromatic carbocycles. The van der Waals surface area contributed by atoms with E-state index in [1.54, 1.807) is 16.2 Å². The number of imide groups is 1. The smallest absolute Gasteiger partial charge is 0.475 e. The van der Waals surface area contributed by atoms with Gasteiger partial charge in [-0.15, -0.1) is 0 Å². The zero-order valence-electron chi connectivity index (χ0n) is 27.9. The summed E-state index contributed by atoms with van der Waals surface area (Å²) in [6.07, 6.45) is 3.77. The Kier molecular flexibility index (Phi) is 9.99. The highest BCUT2D eigenvalue weighted by Crippen LogP contribution is 2.50. The Bertz CT molecular complexity index is 1610. The molecule has 2 aromatic rings. The number of carboxylic acids is 1. The van der Waals surface area contributed by atoms with Crippen molar-refractivity contribution in [3.8, 4) is 0 Å². The van der Waals surface area contributed by atoms with Crippen LogP contribution in [0, 0.1) is 5.41 Å². The molecule has 7 rings (SSSR count). The molecule has 15 heteroatoms. The lowest BCUT2D eigenvalue weighted by Gasteiger charge is -2.55. The van der Waals surface area contributed by atoms with Crippen LogP contribution >= 0.6 is 0 Å². The Hall–Kier alpha value is -3.30. The van der Waals surface area contributed by atoms with Crippen molar-refractivity contribution in [3.63, 3.8) is 0 Å². The Morgan fingerprint density at radius 3 is 2.20 bits per heavy atom. The van der Waals surface area contributed by atoms with Crippen molar-refractivity contribution in [2.24, 2.45) is 12.5 Å². The second-order valence-electron chi connectivity index (χ2n) is 14.7. The third-order valence-electron chi connectivity index (χ3n) is 11.6. The van der Waals surface area contributed by atoms with E-state index in [1.807, 2.05) is 12.1 Å². The summed E-state index contributed by atoms with van der Waals surface area (Å²) in [5.41, 5.74) is 1.94. The molecule has 1 unspecified atom stereocenters. The molecule has 270 valence electrons. The number of carboxylic acid groups (broad SMARTS) is 1. The van der Waals surface area contributed by atoms with Gasteiger partial charge in [0.25, 0.3) is 0 Å². The average molecular weight is 695 g/mol. The number of aromatic nitrogens is 2. The Morgan fingerprint density at radius 1 is 0.980 bits per heavy atom. The average Bonchev–Trinajstić information content (AvgIpc) is 3.30. The summed E-state index contributed by atoms with van der Waals surface area (Å²) in [6.45, 7) is 6.27. The fourth-order valence-electron chi connectivity index (χ4n) is 8.84. The number of nitrogens with zero attached hydrogens (tertiary/aromatic N) is 4. The summed E-state index contributed by atoms with van der Waals surface area (Å²) >= 11 is 0. The summed E-state index contributed by atoms with van der Waals surface area (Å²) in [5.74, 6) is -3.19. The SMILES string of the molecule is Cn1c(=O)n(C2CCC(=O)NC2=O)c2cccc(C3CCN(CC4(F)CCN(C5CC6(CCNCC6)C5)CC4)CC3)c21.O=C(O)C(F)(F)F. The minimum atomic E-state index is -5.08. The van der Waals surface area contributed by atoms with Gasteiger partial charge >= 0.3 is 17.8 Å². The van der Waals surface area contributed by atoms with Gasteiger partial charge in [-0.1, -0.05) is 12.1 Å². The monoisotopic (exact) mass is 694 g/mol. The molecule has 5 aliphatic rings. The van der Waals surface area contributed by atoms with E-state index in [-0.39, 0.29) is 23.9 Å². The number of alkyl halides is 4. The van der Waals surface area contributed by atoms with E-state index in [9.17, 15) is 27.6 Å². The fraction of sp³-hybridized carbons (Fsp3) is 0.706. The number of aryl methyl sites for hydroxylation is 1. The highest BCUT2D eigenvalue weighted by Gasteiger charge is 2.48. The molecule has 5 heterocycles. The quantitative estimate of drug-likeness (QED) is 0.321. The zero-order chi connectivity index (χ0) is 35.1. The van der Waals surface area contributed by atoms with E-state index in [2.05, 4.69) is 26.5 Å². The summed E-state index contributed by atoms with van der Waals surface area (Å²) in [7, 11) is 1.76. The molecule has 2 amide bonds.